The van der Waals surface area contributed by atoms with E-state index in [0.717, 1.165) is 24.3 Å². The summed E-state index contributed by atoms with van der Waals surface area (Å²) in [6.45, 7) is 5.53. The molecule has 98 valence electrons. The van der Waals surface area contributed by atoms with Crippen molar-refractivity contribution in [3.05, 3.63) is 36.1 Å². The van der Waals surface area contributed by atoms with E-state index in [1.165, 1.54) is 24.6 Å². The van der Waals surface area contributed by atoms with Crippen LogP contribution in [0, 0.1) is 0 Å². The highest BCUT2D eigenvalue weighted by atomic mass is 16.3. The first-order valence-corrected chi connectivity index (χ1v) is 7.04. The molecule has 1 aromatic carbocycles. The van der Waals surface area contributed by atoms with Crippen LogP contribution in [0.5, 0.6) is 0 Å². The Morgan fingerprint density at radius 2 is 2.00 bits per heavy atom. The van der Waals surface area contributed by atoms with Gasteiger partial charge in [-0.05, 0) is 31.5 Å². The third-order valence-corrected chi connectivity index (χ3v) is 3.24. The van der Waals surface area contributed by atoms with Crippen LogP contribution in [0.2, 0.25) is 0 Å². The lowest BCUT2D eigenvalue weighted by molar-refractivity contribution is 0.432. The molecule has 0 saturated heterocycles. The Morgan fingerprint density at radius 1 is 1.17 bits per heavy atom. The number of nitrogens with one attached hydrogen (secondary N) is 1. The smallest absolute Gasteiger partial charge is 0.134 e. The second-order valence-corrected chi connectivity index (χ2v) is 4.89. The molecule has 0 amide bonds. The monoisotopic (exact) mass is 245 g/mol. The summed E-state index contributed by atoms with van der Waals surface area (Å²) in [6.07, 6.45) is 4.58. The van der Waals surface area contributed by atoms with E-state index in [-0.39, 0.29) is 0 Å². The maximum absolute atomic E-state index is 5.88. The Balaban J connectivity index is 2.05. The average Bonchev–Trinajstić information content (AvgIpc) is 2.78. The van der Waals surface area contributed by atoms with Gasteiger partial charge in [0.1, 0.15) is 11.3 Å². The maximum Gasteiger partial charge on any atom is 0.134 e. The topological polar surface area (TPSA) is 25.2 Å². The summed E-state index contributed by atoms with van der Waals surface area (Å²) in [5.74, 6) is 1.10. The molecule has 18 heavy (non-hydrogen) atoms. The molecule has 1 heterocycles. The summed E-state index contributed by atoms with van der Waals surface area (Å²) in [4.78, 5) is 0. The molecule has 0 aliphatic carbocycles. The molecule has 1 N–H and O–H groups in total. The first-order chi connectivity index (χ1) is 8.83. The Kier molecular flexibility index (Phi) is 4.82. The molecule has 2 rings (SSSR count). The fraction of sp³-hybridized carbons (Fsp3) is 0.500. The van der Waals surface area contributed by atoms with Crippen LogP contribution in [-0.2, 0) is 6.42 Å². The minimum absolute atomic E-state index is 0.538. The lowest BCUT2D eigenvalue weighted by Gasteiger charge is -2.16. The average molecular weight is 245 g/mol. The van der Waals surface area contributed by atoms with Gasteiger partial charge >= 0.3 is 0 Å². The van der Waals surface area contributed by atoms with Crippen molar-refractivity contribution in [1.29, 1.82) is 0 Å². The highest BCUT2D eigenvalue weighted by Gasteiger charge is 2.11. The van der Waals surface area contributed by atoms with Crippen LogP contribution in [0.25, 0.3) is 11.0 Å². The molecule has 0 saturated carbocycles. The predicted octanol–water partition coefficient (Wildman–Crippen LogP) is 4.14. The highest BCUT2D eigenvalue weighted by Crippen LogP contribution is 2.20. The zero-order valence-corrected chi connectivity index (χ0v) is 11.4. The predicted molar refractivity (Wildman–Crippen MR) is 76.9 cm³/mol. The quantitative estimate of drug-likeness (QED) is 0.793. The van der Waals surface area contributed by atoms with E-state index in [4.69, 9.17) is 4.42 Å². The summed E-state index contributed by atoms with van der Waals surface area (Å²) in [6, 6.07) is 10.9. The number of rotatable bonds is 7. The normalized spacial score (nSPS) is 13.0. The molecular formula is C16H23NO. The largest absolute Gasteiger partial charge is 0.461 e. The number of hydrogen-bond acceptors (Lipinski definition) is 2. The molecule has 1 aromatic heterocycles. The molecule has 1 atom stereocenters. The van der Waals surface area contributed by atoms with Crippen molar-refractivity contribution < 1.29 is 4.42 Å². The summed E-state index contributed by atoms with van der Waals surface area (Å²) >= 11 is 0. The number of benzene rings is 1. The van der Waals surface area contributed by atoms with Gasteiger partial charge in [0.2, 0.25) is 0 Å². The lowest BCUT2D eigenvalue weighted by atomic mass is 10.1. The summed E-state index contributed by atoms with van der Waals surface area (Å²) in [5, 5.41) is 4.81. The fourth-order valence-corrected chi connectivity index (χ4v) is 2.35. The molecule has 1 unspecified atom stereocenters. The summed E-state index contributed by atoms with van der Waals surface area (Å²) in [7, 11) is 0. The van der Waals surface area contributed by atoms with Gasteiger partial charge in [-0.1, -0.05) is 38.5 Å². The van der Waals surface area contributed by atoms with E-state index in [2.05, 4.69) is 37.4 Å². The van der Waals surface area contributed by atoms with Gasteiger partial charge in [0.05, 0.1) is 0 Å². The van der Waals surface area contributed by atoms with E-state index in [0.29, 0.717) is 6.04 Å². The molecule has 2 aromatic rings. The van der Waals surface area contributed by atoms with E-state index in [9.17, 15) is 0 Å². The van der Waals surface area contributed by atoms with Crippen molar-refractivity contribution in [2.24, 2.45) is 0 Å². The van der Waals surface area contributed by atoms with Gasteiger partial charge in [-0.25, -0.2) is 0 Å². The minimum Gasteiger partial charge on any atom is -0.461 e. The Labute approximate surface area is 109 Å². The third kappa shape index (κ3) is 3.36. The summed E-state index contributed by atoms with van der Waals surface area (Å²) in [5.41, 5.74) is 0.998. The highest BCUT2D eigenvalue weighted by molar-refractivity contribution is 5.77. The number of fused-ring (bicyclic) bond motifs is 1. The van der Waals surface area contributed by atoms with Crippen molar-refractivity contribution in [1.82, 2.24) is 5.32 Å². The minimum atomic E-state index is 0.538. The van der Waals surface area contributed by atoms with Gasteiger partial charge in [0.25, 0.3) is 0 Å². The SMILES string of the molecule is CCCNC(CCC)Cc1cc2ccccc2o1. The van der Waals surface area contributed by atoms with Crippen molar-refractivity contribution in [2.45, 2.75) is 45.6 Å². The molecule has 0 aliphatic heterocycles. The van der Waals surface area contributed by atoms with Crippen molar-refractivity contribution >= 4 is 11.0 Å². The Bertz CT molecular complexity index is 442. The molecule has 0 aliphatic rings. The zero-order valence-electron chi connectivity index (χ0n) is 11.4. The van der Waals surface area contributed by atoms with Crippen LogP contribution in [0.15, 0.2) is 34.7 Å². The van der Waals surface area contributed by atoms with Gasteiger partial charge in [-0.15, -0.1) is 0 Å². The van der Waals surface area contributed by atoms with Crippen LogP contribution in [0.4, 0.5) is 0 Å². The number of hydrogen-bond donors (Lipinski definition) is 1. The molecule has 0 radical (unpaired) electrons. The second-order valence-electron chi connectivity index (χ2n) is 4.89. The lowest BCUT2D eigenvalue weighted by Crippen LogP contribution is -2.31. The molecule has 0 fully saturated rings. The van der Waals surface area contributed by atoms with Crippen LogP contribution in [0.1, 0.15) is 38.9 Å². The Hall–Kier alpha value is -1.28. The first-order valence-electron chi connectivity index (χ1n) is 7.04. The van der Waals surface area contributed by atoms with Crippen molar-refractivity contribution in [2.75, 3.05) is 6.54 Å². The van der Waals surface area contributed by atoms with E-state index in [1.54, 1.807) is 0 Å². The summed E-state index contributed by atoms with van der Waals surface area (Å²) < 4.78 is 5.88. The third-order valence-electron chi connectivity index (χ3n) is 3.24. The van der Waals surface area contributed by atoms with E-state index >= 15 is 0 Å². The van der Waals surface area contributed by atoms with Crippen LogP contribution >= 0.6 is 0 Å². The van der Waals surface area contributed by atoms with Crippen molar-refractivity contribution in [3.8, 4) is 0 Å². The Morgan fingerprint density at radius 3 is 2.72 bits per heavy atom. The first kappa shape index (κ1) is 13.2. The zero-order chi connectivity index (χ0) is 12.8. The number of furan rings is 1. The van der Waals surface area contributed by atoms with Crippen LogP contribution in [0.3, 0.4) is 0 Å². The van der Waals surface area contributed by atoms with E-state index in [1.807, 2.05) is 12.1 Å². The molecule has 2 heteroatoms. The van der Waals surface area contributed by atoms with Gasteiger partial charge in [-0.2, -0.15) is 0 Å². The maximum atomic E-state index is 5.88. The number of para-hydroxylation sites is 1. The standard InChI is InChI=1S/C16H23NO/c1-3-7-14(17-10-4-2)12-15-11-13-8-5-6-9-16(13)18-15/h5-6,8-9,11,14,17H,3-4,7,10,12H2,1-2H3. The van der Waals surface area contributed by atoms with Gasteiger partial charge in [0, 0.05) is 17.8 Å². The van der Waals surface area contributed by atoms with Gasteiger partial charge in [0.15, 0.2) is 0 Å². The van der Waals surface area contributed by atoms with Crippen molar-refractivity contribution in [3.63, 3.8) is 0 Å². The van der Waals surface area contributed by atoms with Gasteiger partial charge in [-0.3, -0.25) is 0 Å². The van der Waals surface area contributed by atoms with Gasteiger partial charge < -0.3 is 9.73 Å². The van der Waals surface area contributed by atoms with Crippen LogP contribution < -0.4 is 5.32 Å². The molecular weight excluding hydrogens is 222 g/mol. The molecule has 0 bridgehead atoms. The van der Waals surface area contributed by atoms with Crippen LogP contribution in [-0.4, -0.2) is 12.6 Å². The molecule has 0 spiro atoms. The second kappa shape index (κ2) is 6.60. The fourth-order valence-electron chi connectivity index (χ4n) is 2.35. The molecule has 2 nitrogen and oxygen atoms in total. The van der Waals surface area contributed by atoms with E-state index < -0.39 is 0 Å².